The molecule has 3 aromatic heterocycles. The maximum atomic E-state index is 12.3. The van der Waals surface area contributed by atoms with Crippen molar-refractivity contribution in [3.8, 4) is 5.69 Å². The highest BCUT2D eigenvalue weighted by Gasteiger charge is 2.19. The van der Waals surface area contributed by atoms with Gasteiger partial charge in [-0.15, -0.1) is 17.9 Å². The maximum Gasteiger partial charge on any atom is 0.263 e. The van der Waals surface area contributed by atoms with E-state index in [-0.39, 0.29) is 5.91 Å². The summed E-state index contributed by atoms with van der Waals surface area (Å²) in [6.45, 7) is 4.06. The third-order valence-electron chi connectivity index (χ3n) is 2.92. The van der Waals surface area contributed by atoms with Crippen molar-refractivity contribution in [3.63, 3.8) is 0 Å². The van der Waals surface area contributed by atoms with Gasteiger partial charge in [-0.05, 0) is 24.3 Å². The number of fused-ring (bicyclic) bond motifs is 1. The number of nitrogens with one attached hydrogen (secondary N) is 1. The molecule has 100 valence electrons. The topological polar surface area (TPSA) is 46.9 Å². The van der Waals surface area contributed by atoms with Crippen molar-refractivity contribution in [1.29, 1.82) is 0 Å². The molecule has 4 nitrogen and oxygen atoms in total. The summed E-state index contributed by atoms with van der Waals surface area (Å²) in [6.07, 6.45) is 7.26. The minimum Gasteiger partial charge on any atom is -0.348 e. The van der Waals surface area contributed by atoms with Gasteiger partial charge in [0, 0.05) is 30.5 Å². The molecule has 0 atom stereocenters. The van der Waals surface area contributed by atoms with E-state index in [0.717, 1.165) is 15.9 Å². The number of nitrogens with zero attached hydrogens (tertiary/aromatic N) is 2. The van der Waals surface area contributed by atoms with Crippen LogP contribution in [0.5, 0.6) is 0 Å². The molecule has 0 saturated carbocycles. The van der Waals surface area contributed by atoms with E-state index in [2.05, 4.69) is 16.9 Å². The molecule has 3 rings (SSSR count). The van der Waals surface area contributed by atoms with Gasteiger partial charge in [-0.25, -0.2) is 4.98 Å². The lowest BCUT2D eigenvalue weighted by Gasteiger charge is -2.06. The van der Waals surface area contributed by atoms with Crippen LogP contribution in [-0.2, 0) is 0 Å². The average molecular weight is 283 g/mol. The van der Waals surface area contributed by atoms with Crippen LogP contribution in [0.15, 0.2) is 55.5 Å². The van der Waals surface area contributed by atoms with Crippen molar-refractivity contribution in [2.75, 3.05) is 6.54 Å². The Balaban J connectivity index is 2.18. The number of rotatable bonds is 4. The Kier molecular flexibility index (Phi) is 3.35. The zero-order chi connectivity index (χ0) is 13.9. The summed E-state index contributed by atoms with van der Waals surface area (Å²) >= 11 is 1.40. The van der Waals surface area contributed by atoms with Gasteiger partial charge in [-0.2, -0.15) is 0 Å². The van der Waals surface area contributed by atoms with E-state index in [1.54, 1.807) is 12.3 Å². The molecule has 0 aliphatic heterocycles. The molecule has 0 bridgehead atoms. The van der Waals surface area contributed by atoms with Crippen LogP contribution in [0.1, 0.15) is 9.67 Å². The van der Waals surface area contributed by atoms with Gasteiger partial charge in [-0.1, -0.05) is 6.08 Å². The first kappa shape index (κ1) is 12.6. The van der Waals surface area contributed by atoms with Gasteiger partial charge in [-0.3, -0.25) is 4.79 Å². The number of carbonyl (C=O) groups is 1. The Hall–Kier alpha value is -2.40. The summed E-state index contributed by atoms with van der Waals surface area (Å²) in [4.78, 5) is 18.2. The molecule has 0 fully saturated rings. The van der Waals surface area contributed by atoms with Crippen molar-refractivity contribution < 1.29 is 4.79 Å². The third kappa shape index (κ3) is 2.12. The highest BCUT2D eigenvalue weighted by atomic mass is 32.1. The van der Waals surface area contributed by atoms with Gasteiger partial charge < -0.3 is 9.88 Å². The molecular weight excluding hydrogens is 270 g/mol. The molecule has 0 radical (unpaired) electrons. The molecule has 3 heterocycles. The maximum absolute atomic E-state index is 12.3. The molecule has 0 saturated heterocycles. The van der Waals surface area contributed by atoms with E-state index in [0.29, 0.717) is 11.4 Å². The number of aromatic nitrogens is 2. The minimum atomic E-state index is -0.100. The van der Waals surface area contributed by atoms with Crippen LogP contribution in [0, 0.1) is 0 Å². The SMILES string of the molecule is C=CCNC(=O)c1sc2ncccc2c1-n1cccc1. The predicted molar refractivity (Wildman–Crippen MR) is 81.5 cm³/mol. The molecule has 0 aromatic carbocycles. The smallest absolute Gasteiger partial charge is 0.263 e. The summed E-state index contributed by atoms with van der Waals surface area (Å²) in [6, 6.07) is 7.74. The molecule has 0 unspecified atom stereocenters. The summed E-state index contributed by atoms with van der Waals surface area (Å²) in [5.74, 6) is -0.100. The summed E-state index contributed by atoms with van der Waals surface area (Å²) in [7, 11) is 0. The highest BCUT2D eigenvalue weighted by molar-refractivity contribution is 7.21. The van der Waals surface area contributed by atoms with Crippen molar-refractivity contribution in [2.45, 2.75) is 0 Å². The monoisotopic (exact) mass is 283 g/mol. The normalized spacial score (nSPS) is 10.6. The molecule has 0 aliphatic rings. The van der Waals surface area contributed by atoms with E-state index in [1.807, 2.05) is 41.2 Å². The first-order valence-corrected chi connectivity index (χ1v) is 7.03. The fraction of sp³-hybridized carbons (Fsp3) is 0.0667. The second-order valence-corrected chi connectivity index (χ2v) is 5.22. The zero-order valence-corrected chi connectivity index (χ0v) is 11.6. The Morgan fingerprint density at radius 2 is 2.20 bits per heavy atom. The fourth-order valence-corrected chi connectivity index (χ4v) is 3.12. The summed E-state index contributed by atoms with van der Waals surface area (Å²) in [5, 5.41) is 3.81. The predicted octanol–water partition coefficient (Wildman–Crippen LogP) is 3.00. The first-order valence-electron chi connectivity index (χ1n) is 6.21. The van der Waals surface area contributed by atoms with Crippen LogP contribution < -0.4 is 5.32 Å². The third-order valence-corrected chi connectivity index (χ3v) is 4.02. The summed E-state index contributed by atoms with van der Waals surface area (Å²) < 4.78 is 1.95. The van der Waals surface area contributed by atoms with Crippen LogP contribution in [0.2, 0.25) is 0 Å². The number of hydrogen-bond acceptors (Lipinski definition) is 3. The molecule has 1 N–H and O–H groups in total. The van der Waals surface area contributed by atoms with Crippen molar-refractivity contribution in [2.24, 2.45) is 0 Å². The lowest BCUT2D eigenvalue weighted by Crippen LogP contribution is -2.23. The minimum absolute atomic E-state index is 0.100. The van der Waals surface area contributed by atoms with Gasteiger partial charge in [0.25, 0.3) is 5.91 Å². The first-order chi connectivity index (χ1) is 9.81. The van der Waals surface area contributed by atoms with E-state index in [9.17, 15) is 4.79 Å². The second kappa shape index (κ2) is 5.30. The Morgan fingerprint density at radius 3 is 2.95 bits per heavy atom. The number of thiophene rings is 1. The van der Waals surface area contributed by atoms with Crippen molar-refractivity contribution >= 4 is 27.5 Å². The highest BCUT2D eigenvalue weighted by Crippen LogP contribution is 2.32. The Labute approximate surface area is 120 Å². The lowest BCUT2D eigenvalue weighted by molar-refractivity contribution is 0.0962. The van der Waals surface area contributed by atoms with Crippen LogP contribution >= 0.6 is 11.3 Å². The van der Waals surface area contributed by atoms with Crippen molar-refractivity contribution in [3.05, 3.63) is 60.4 Å². The van der Waals surface area contributed by atoms with E-state index in [4.69, 9.17) is 0 Å². The van der Waals surface area contributed by atoms with Gasteiger partial charge in [0.15, 0.2) is 0 Å². The van der Waals surface area contributed by atoms with Gasteiger partial charge in [0.05, 0.1) is 5.69 Å². The van der Waals surface area contributed by atoms with Crippen LogP contribution in [0.4, 0.5) is 0 Å². The van der Waals surface area contributed by atoms with Crippen molar-refractivity contribution in [1.82, 2.24) is 14.9 Å². The number of pyridine rings is 1. The van der Waals surface area contributed by atoms with Crippen LogP contribution in [-0.4, -0.2) is 22.0 Å². The van der Waals surface area contributed by atoms with Gasteiger partial charge in [0.1, 0.15) is 9.71 Å². The molecule has 20 heavy (non-hydrogen) atoms. The quantitative estimate of drug-likeness (QED) is 0.748. The molecular formula is C15H13N3OS. The number of hydrogen-bond donors (Lipinski definition) is 1. The molecule has 3 aromatic rings. The Morgan fingerprint density at radius 1 is 1.40 bits per heavy atom. The Bertz CT molecular complexity index is 759. The molecule has 5 heteroatoms. The molecule has 0 spiro atoms. The molecule has 1 amide bonds. The lowest BCUT2D eigenvalue weighted by atomic mass is 10.2. The number of amides is 1. The standard InChI is InChI=1S/C15H13N3OS/c1-2-7-16-14(19)13-12(18-9-3-4-10-18)11-6-5-8-17-15(11)20-13/h2-6,8-10H,1,7H2,(H,16,19). The van der Waals surface area contributed by atoms with Gasteiger partial charge in [0.2, 0.25) is 0 Å². The summed E-state index contributed by atoms with van der Waals surface area (Å²) in [5.41, 5.74) is 0.879. The van der Waals surface area contributed by atoms with E-state index < -0.39 is 0 Å². The van der Waals surface area contributed by atoms with E-state index >= 15 is 0 Å². The second-order valence-electron chi connectivity index (χ2n) is 4.22. The van der Waals surface area contributed by atoms with Gasteiger partial charge >= 0.3 is 0 Å². The fourth-order valence-electron chi connectivity index (χ4n) is 2.06. The molecule has 0 aliphatic carbocycles. The van der Waals surface area contributed by atoms with Crippen LogP contribution in [0.25, 0.3) is 15.9 Å². The van der Waals surface area contributed by atoms with E-state index in [1.165, 1.54) is 11.3 Å². The largest absolute Gasteiger partial charge is 0.348 e. The number of carbonyl (C=O) groups excluding carboxylic acids is 1. The average Bonchev–Trinajstić information content (AvgIpc) is 3.10. The zero-order valence-electron chi connectivity index (χ0n) is 10.7. The van der Waals surface area contributed by atoms with Crippen LogP contribution in [0.3, 0.4) is 0 Å².